The predicted molar refractivity (Wildman–Crippen MR) is 119 cm³/mol. The van der Waals surface area contributed by atoms with E-state index in [9.17, 15) is 0 Å². The summed E-state index contributed by atoms with van der Waals surface area (Å²) in [5.41, 5.74) is 3.88. The molecule has 0 radical (unpaired) electrons. The van der Waals surface area contributed by atoms with Crippen molar-refractivity contribution in [2.24, 2.45) is 0 Å². The van der Waals surface area contributed by atoms with Crippen LogP contribution in [0.3, 0.4) is 0 Å². The first-order chi connectivity index (χ1) is 14.7. The lowest BCUT2D eigenvalue weighted by Crippen LogP contribution is -2.46. The lowest BCUT2D eigenvalue weighted by molar-refractivity contribution is 0.137. The first-order valence-electron chi connectivity index (χ1n) is 10.7. The minimum absolute atomic E-state index is 0.652. The first kappa shape index (κ1) is 20.5. The quantitative estimate of drug-likeness (QED) is 0.574. The average Bonchev–Trinajstić information content (AvgIpc) is 3.23. The number of nitrogens with zero attached hydrogens (tertiary/aromatic N) is 5. The van der Waals surface area contributed by atoms with Crippen LogP contribution >= 0.6 is 0 Å². The number of hydrogen-bond donors (Lipinski definition) is 1. The number of aromatic nitrogens is 3. The molecule has 158 valence electrons. The van der Waals surface area contributed by atoms with Gasteiger partial charge in [0.05, 0.1) is 12.0 Å². The highest BCUT2D eigenvalue weighted by Crippen LogP contribution is 2.32. The first-order valence-corrected chi connectivity index (χ1v) is 10.7. The predicted octanol–water partition coefficient (Wildman–Crippen LogP) is 3.55. The number of furan rings is 1. The van der Waals surface area contributed by atoms with Crippen molar-refractivity contribution in [2.75, 3.05) is 51.1 Å². The zero-order valence-electron chi connectivity index (χ0n) is 17.8. The summed E-state index contributed by atoms with van der Waals surface area (Å²) in [5.74, 6) is 1.50. The molecule has 1 aliphatic heterocycles. The molecule has 0 aliphatic carbocycles. The third-order valence-electron chi connectivity index (χ3n) is 5.74. The maximum atomic E-state index is 5.53. The van der Waals surface area contributed by atoms with Gasteiger partial charge in [0.25, 0.3) is 0 Å². The van der Waals surface area contributed by atoms with Gasteiger partial charge in [0.1, 0.15) is 5.76 Å². The van der Waals surface area contributed by atoms with Crippen LogP contribution in [0.4, 0.5) is 5.95 Å². The Labute approximate surface area is 178 Å². The van der Waals surface area contributed by atoms with Crippen molar-refractivity contribution < 1.29 is 4.42 Å². The van der Waals surface area contributed by atoms with Gasteiger partial charge in [0.15, 0.2) is 0 Å². The van der Waals surface area contributed by atoms with Crippen LogP contribution < -0.4 is 5.32 Å². The van der Waals surface area contributed by atoms with E-state index in [2.05, 4.69) is 32.0 Å². The van der Waals surface area contributed by atoms with E-state index in [4.69, 9.17) is 9.40 Å². The summed E-state index contributed by atoms with van der Waals surface area (Å²) < 4.78 is 5.53. The fourth-order valence-electron chi connectivity index (χ4n) is 3.88. The van der Waals surface area contributed by atoms with Crippen molar-refractivity contribution in [2.45, 2.75) is 20.3 Å². The smallest absolute Gasteiger partial charge is 0.223 e. The Morgan fingerprint density at radius 3 is 2.50 bits per heavy atom. The molecule has 7 nitrogen and oxygen atoms in total. The van der Waals surface area contributed by atoms with Gasteiger partial charge in [-0.15, -0.1) is 0 Å². The Bertz CT molecular complexity index is 934. The highest BCUT2D eigenvalue weighted by atomic mass is 16.3. The zero-order valence-corrected chi connectivity index (χ0v) is 17.8. The Hall–Kier alpha value is -2.77. The van der Waals surface area contributed by atoms with Gasteiger partial charge in [0, 0.05) is 62.4 Å². The van der Waals surface area contributed by atoms with Crippen LogP contribution in [-0.2, 0) is 0 Å². The van der Waals surface area contributed by atoms with Crippen molar-refractivity contribution in [3.63, 3.8) is 0 Å². The van der Waals surface area contributed by atoms with E-state index in [1.807, 2.05) is 31.3 Å². The molecule has 30 heavy (non-hydrogen) atoms. The molecule has 1 N–H and O–H groups in total. The van der Waals surface area contributed by atoms with Crippen molar-refractivity contribution in [1.29, 1.82) is 0 Å². The Morgan fingerprint density at radius 1 is 1.03 bits per heavy atom. The largest absolute Gasteiger partial charge is 0.469 e. The minimum Gasteiger partial charge on any atom is -0.469 e. The molecule has 0 bridgehead atoms. The molecule has 1 aliphatic rings. The Balaban J connectivity index is 1.41. The van der Waals surface area contributed by atoms with Crippen LogP contribution in [-0.4, -0.2) is 70.6 Å². The topological polar surface area (TPSA) is 70.3 Å². The van der Waals surface area contributed by atoms with E-state index in [0.717, 1.165) is 67.3 Å². The summed E-state index contributed by atoms with van der Waals surface area (Å²) in [6.45, 7) is 12.0. The monoisotopic (exact) mass is 406 g/mol. The number of rotatable bonds is 8. The highest BCUT2D eigenvalue weighted by molar-refractivity contribution is 5.81. The molecule has 0 aromatic carbocycles. The van der Waals surface area contributed by atoms with Crippen LogP contribution in [0.5, 0.6) is 0 Å². The number of likely N-dealkylation sites (N-methyl/N-ethyl adjacent to an activating group) is 1. The number of aryl methyl sites for hydroxylation is 1. The molecule has 0 atom stereocenters. The summed E-state index contributed by atoms with van der Waals surface area (Å²) >= 11 is 0. The fraction of sp³-hybridized carbons (Fsp3) is 0.435. The zero-order chi connectivity index (χ0) is 20.8. The van der Waals surface area contributed by atoms with Crippen molar-refractivity contribution in [1.82, 2.24) is 24.8 Å². The molecule has 0 unspecified atom stereocenters. The number of pyridine rings is 1. The lowest BCUT2D eigenvalue weighted by atomic mass is 10.0. The average molecular weight is 407 g/mol. The molecule has 0 spiro atoms. The fourth-order valence-corrected chi connectivity index (χ4v) is 3.88. The molecule has 3 aromatic heterocycles. The van der Waals surface area contributed by atoms with Crippen molar-refractivity contribution in [3.8, 4) is 22.4 Å². The van der Waals surface area contributed by atoms with Gasteiger partial charge < -0.3 is 19.5 Å². The molecule has 7 heteroatoms. The second kappa shape index (κ2) is 9.82. The lowest BCUT2D eigenvalue weighted by Gasteiger charge is -2.33. The van der Waals surface area contributed by atoms with Gasteiger partial charge in [-0.1, -0.05) is 6.92 Å². The third kappa shape index (κ3) is 4.86. The number of anilines is 1. The van der Waals surface area contributed by atoms with Gasteiger partial charge in [-0.05, 0) is 50.2 Å². The van der Waals surface area contributed by atoms with Crippen molar-refractivity contribution >= 4 is 5.95 Å². The molecule has 4 rings (SSSR count). The summed E-state index contributed by atoms with van der Waals surface area (Å²) in [6, 6.07) is 5.91. The second-order valence-corrected chi connectivity index (χ2v) is 7.64. The number of nitrogens with one attached hydrogen (secondary N) is 1. The van der Waals surface area contributed by atoms with Gasteiger partial charge in [-0.3, -0.25) is 4.98 Å². The van der Waals surface area contributed by atoms with Crippen LogP contribution in [0.25, 0.3) is 22.4 Å². The number of piperazine rings is 1. The van der Waals surface area contributed by atoms with E-state index in [0.29, 0.717) is 5.95 Å². The van der Waals surface area contributed by atoms with E-state index in [-0.39, 0.29) is 0 Å². The van der Waals surface area contributed by atoms with E-state index in [1.165, 1.54) is 13.1 Å². The maximum Gasteiger partial charge on any atom is 0.223 e. The summed E-state index contributed by atoms with van der Waals surface area (Å²) in [4.78, 5) is 18.6. The molecule has 3 aromatic rings. The summed E-state index contributed by atoms with van der Waals surface area (Å²) in [5, 5.41) is 3.40. The standard InChI is InChI=1S/C23H30N6O/c1-3-28-12-14-29(15-13-28)11-4-8-25-23-26-17-21(19-5-9-24-10-6-19)22(27-23)20-7-16-30-18(20)2/h5-7,9-10,16-17H,3-4,8,11-15H2,1-2H3,(H,25,26,27). The molecular weight excluding hydrogens is 376 g/mol. The van der Waals surface area contributed by atoms with Gasteiger partial charge in [-0.25, -0.2) is 9.97 Å². The molecule has 1 saturated heterocycles. The van der Waals surface area contributed by atoms with Gasteiger partial charge in [-0.2, -0.15) is 0 Å². The Kier molecular flexibility index (Phi) is 6.71. The van der Waals surface area contributed by atoms with Crippen LogP contribution in [0.1, 0.15) is 19.1 Å². The maximum absolute atomic E-state index is 5.53. The van der Waals surface area contributed by atoms with Crippen LogP contribution in [0.15, 0.2) is 47.5 Å². The van der Waals surface area contributed by atoms with Gasteiger partial charge in [0.2, 0.25) is 5.95 Å². The number of hydrogen-bond acceptors (Lipinski definition) is 7. The molecule has 4 heterocycles. The van der Waals surface area contributed by atoms with Gasteiger partial charge >= 0.3 is 0 Å². The van der Waals surface area contributed by atoms with Crippen LogP contribution in [0, 0.1) is 6.92 Å². The normalized spacial score (nSPS) is 15.4. The Morgan fingerprint density at radius 2 is 1.80 bits per heavy atom. The molecule has 0 amide bonds. The minimum atomic E-state index is 0.652. The molecule has 1 fully saturated rings. The summed E-state index contributed by atoms with van der Waals surface area (Å²) in [6.07, 6.45) is 8.23. The van der Waals surface area contributed by atoms with E-state index >= 15 is 0 Å². The summed E-state index contributed by atoms with van der Waals surface area (Å²) in [7, 11) is 0. The van der Waals surface area contributed by atoms with E-state index in [1.54, 1.807) is 18.7 Å². The molecular formula is C23H30N6O. The van der Waals surface area contributed by atoms with Crippen molar-refractivity contribution in [3.05, 3.63) is 48.8 Å². The third-order valence-corrected chi connectivity index (χ3v) is 5.74. The van der Waals surface area contributed by atoms with Crippen LogP contribution in [0.2, 0.25) is 0 Å². The highest BCUT2D eigenvalue weighted by Gasteiger charge is 2.16. The SMILES string of the molecule is CCN1CCN(CCCNc2ncc(-c3ccncc3)c(-c3ccoc3C)n2)CC1. The molecule has 0 saturated carbocycles. The second-order valence-electron chi connectivity index (χ2n) is 7.64. The van der Waals surface area contributed by atoms with E-state index < -0.39 is 0 Å².